The summed E-state index contributed by atoms with van der Waals surface area (Å²) in [5.41, 5.74) is 4.07. The van der Waals surface area contributed by atoms with E-state index in [1.165, 1.54) is 8.96 Å². The topological polar surface area (TPSA) is 53.1 Å². The van der Waals surface area contributed by atoms with E-state index in [9.17, 15) is 0 Å². The monoisotopic (exact) mass is 423 g/mol. The number of halogens is 1. The second kappa shape index (κ2) is 5.90. The number of nitrogens with zero attached hydrogens (tertiary/aromatic N) is 3. The molecule has 0 aliphatic carbocycles. The third-order valence-electron chi connectivity index (χ3n) is 4.53. The highest BCUT2D eigenvalue weighted by Crippen LogP contribution is 2.33. The molecule has 6 heteroatoms. The lowest BCUT2D eigenvalue weighted by atomic mass is 10.1. The zero-order valence-corrected chi connectivity index (χ0v) is 15.3. The Kier molecular flexibility index (Phi) is 3.88. The third-order valence-corrected chi connectivity index (χ3v) is 5.39. The smallest absolute Gasteiger partial charge is 0.141 e. The van der Waals surface area contributed by atoms with Gasteiger partial charge in [0.15, 0.2) is 0 Å². The summed E-state index contributed by atoms with van der Waals surface area (Å²) in [5.74, 6) is 0.836. The van der Waals surface area contributed by atoms with Crippen molar-refractivity contribution in [2.75, 3.05) is 13.2 Å². The summed E-state index contributed by atoms with van der Waals surface area (Å²) < 4.78 is 14.3. The minimum absolute atomic E-state index is 0.479. The lowest BCUT2D eigenvalue weighted by molar-refractivity contribution is 0.0705. The molecule has 4 heterocycles. The maximum absolute atomic E-state index is 5.48. The number of hydrogen-bond donors (Lipinski definition) is 0. The van der Waals surface area contributed by atoms with Crippen molar-refractivity contribution < 1.29 is 9.26 Å². The molecule has 4 rings (SSSR count). The lowest BCUT2D eigenvalue weighted by Crippen LogP contribution is -2.19. The zero-order valence-electron chi connectivity index (χ0n) is 13.2. The summed E-state index contributed by atoms with van der Waals surface area (Å²) in [6, 6.07) is 2.68. The fraction of sp³-hybridized carbons (Fsp3) is 0.412. The van der Waals surface area contributed by atoms with Crippen LogP contribution in [0.25, 0.3) is 22.2 Å². The van der Waals surface area contributed by atoms with Gasteiger partial charge in [-0.25, -0.2) is 4.98 Å². The van der Waals surface area contributed by atoms with Gasteiger partial charge in [0.2, 0.25) is 0 Å². The summed E-state index contributed by atoms with van der Waals surface area (Å²) in [4.78, 5) is 4.76. The van der Waals surface area contributed by atoms with E-state index in [-0.39, 0.29) is 0 Å². The Labute approximate surface area is 148 Å². The number of pyridine rings is 1. The molecule has 1 fully saturated rings. The predicted octanol–water partition coefficient (Wildman–Crippen LogP) is 4.26. The Hall–Kier alpha value is -1.41. The van der Waals surface area contributed by atoms with E-state index in [0.29, 0.717) is 6.04 Å². The van der Waals surface area contributed by atoms with Gasteiger partial charge in [-0.3, -0.25) is 0 Å². The Balaban J connectivity index is 1.82. The fourth-order valence-electron chi connectivity index (χ4n) is 3.37. The maximum Gasteiger partial charge on any atom is 0.141 e. The van der Waals surface area contributed by atoms with Gasteiger partial charge in [-0.15, -0.1) is 0 Å². The number of aryl methyl sites for hydroxylation is 2. The van der Waals surface area contributed by atoms with Crippen molar-refractivity contribution in [3.63, 3.8) is 0 Å². The van der Waals surface area contributed by atoms with Crippen molar-refractivity contribution in [2.45, 2.75) is 32.7 Å². The second-order valence-electron chi connectivity index (χ2n) is 6.02. The van der Waals surface area contributed by atoms with Crippen LogP contribution in [-0.4, -0.2) is 27.9 Å². The van der Waals surface area contributed by atoms with E-state index in [2.05, 4.69) is 44.6 Å². The lowest BCUT2D eigenvalue weighted by Gasteiger charge is -2.24. The van der Waals surface area contributed by atoms with Crippen LogP contribution >= 0.6 is 22.6 Å². The summed E-state index contributed by atoms with van der Waals surface area (Å²) in [5, 5.41) is 5.24. The third kappa shape index (κ3) is 2.57. The number of hydrogen-bond acceptors (Lipinski definition) is 4. The SMILES string of the molecule is Cc1noc(C)c1-c1cnc2c(c1)c(I)cn2C1CCOCC1. The molecule has 1 aliphatic rings. The molecule has 5 nitrogen and oxygen atoms in total. The van der Waals surface area contributed by atoms with Crippen LogP contribution in [0.4, 0.5) is 0 Å². The first-order valence-corrected chi connectivity index (χ1v) is 8.90. The highest BCUT2D eigenvalue weighted by molar-refractivity contribution is 14.1. The van der Waals surface area contributed by atoms with E-state index in [0.717, 1.165) is 54.3 Å². The van der Waals surface area contributed by atoms with Crippen molar-refractivity contribution in [3.05, 3.63) is 33.5 Å². The molecule has 23 heavy (non-hydrogen) atoms. The molecule has 3 aromatic rings. The molecule has 0 spiro atoms. The van der Waals surface area contributed by atoms with Gasteiger partial charge >= 0.3 is 0 Å². The number of fused-ring (bicyclic) bond motifs is 1. The summed E-state index contributed by atoms with van der Waals surface area (Å²) in [6.07, 6.45) is 6.24. The van der Waals surface area contributed by atoms with Crippen LogP contribution < -0.4 is 0 Å². The van der Waals surface area contributed by atoms with E-state index in [4.69, 9.17) is 14.2 Å². The first-order valence-electron chi connectivity index (χ1n) is 7.82. The Bertz CT molecular complexity index is 843. The normalized spacial score (nSPS) is 16.3. The summed E-state index contributed by atoms with van der Waals surface area (Å²) >= 11 is 2.40. The largest absolute Gasteiger partial charge is 0.381 e. The van der Waals surface area contributed by atoms with Gasteiger partial charge in [0.05, 0.1) is 5.69 Å². The maximum atomic E-state index is 5.48. The minimum atomic E-state index is 0.479. The molecule has 0 N–H and O–H groups in total. The Morgan fingerprint density at radius 3 is 2.74 bits per heavy atom. The van der Waals surface area contributed by atoms with E-state index in [1.54, 1.807) is 0 Å². The molecule has 0 aromatic carbocycles. The molecule has 0 atom stereocenters. The number of aromatic nitrogens is 3. The zero-order chi connectivity index (χ0) is 16.0. The summed E-state index contributed by atoms with van der Waals surface area (Å²) in [6.45, 7) is 5.57. The highest BCUT2D eigenvalue weighted by atomic mass is 127. The van der Waals surface area contributed by atoms with Gasteiger partial charge in [-0.1, -0.05) is 5.16 Å². The van der Waals surface area contributed by atoms with Crippen molar-refractivity contribution >= 4 is 33.6 Å². The van der Waals surface area contributed by atoms with Crippen LogP contribution in [0.5, 0.6) is 0 Å². The van der Waals surface area contributed by atoms with Crippen LogP contribution in [0, 0.1) is 17.4 Å². The molecular formula is C17H18IN3O2. The molecular weight excluding hydrogens is 405 g/mol. The molecule has 0 radical (unpaired) electrons. The predicted molar refractivity (Wildman–Crippen MR) is 96.5 cm³/mol. The Morgan fingerprint density at radius 2 is 2.04 bits per heavy atom. The van der Waals surface area contributed by atoms with Gasteiger partial charge in [0.25, 0.3) is 0 Å². The van der Waals surface area contributed by atoms with Crippen LogP contribution in [0.1, 0.15) is 30.3 Å². The molecule has 1 saturated heterocycles. The number of rotatable bonds is 2. The van der Waals surface area contributed by atoms with Crippen molar-refractivity contribution in [2.24, 2.45) is 0 Å². The fourth-order valence-corrected chi connectivity index (χ4v) is 4.06. The van der Waals surface area contributed by atoms with Crippen molar-refractivity contribution in [1.29, 1.82) is 0 Å². The number of ether oxygens (including phenoxy) is 1. The van der Waals surface area contributed by atoms with Crippen LogP contribution in [-0.2, 0) is 4.74 Å². The van der Waals surface area contributed by atoms with Crippen molar-refractivity contribution in [1.82, 2.24) is 14.7 Å². The Morgan fingerprint density at radius 1 is 1.26 bits per heavy atom. The van der Waals surface area contributed by atoms with Crippen LogP contribution in [0.3, 0.4) is 0 Å². The average molecular weight is 423 g/mol. The average Bonchev–Trinajstić information content (AvgIpc) is 3.08. The van der Waals surface area contributed by atoms with Crippen LogP contribution in [0.15, 0.2) is 23.0 Å². The first-order chi connectivity index (χ1) is 11.1. The molecule has 0 amide bonds. The van der Waals surface area contributed by atoms with E-state index >= 15 is 0 Å². The van der Waals surface area contributed by atoms with Gasteiger partial charge < -0.3 is 13.8 Å². The molecule has 0 bridgehead atoms. The van der Waals surface area contributed by atoms with Crippen molar-refractivity contribution in [3.8, 4) is 11.1 Å². The van der Waals surface area contributed by atoms with Gasteiger partial charge in [0, 0.05) is 51.7 Å². The van der Waals surface area contributed by atoms with Gasteiger partial charge in [-0.2, -0.15) is 0 Å². The molecule has 120 valence electrons. The standard InChI is InChI=1S/C17H18IN3O2/c1-10-16(11(2)23-20-10)12-7-14-15(18)9-21(17(14)19-8-12)13-3-5-22-6-4-13/h7-9,13H,3-6H2,1-2H3. The minimum Gasteiger partial charge on any atom is -0.381 e. The second-order valence-corrected chi connectivity index (χ2v) is 7.18. The van der Waals surface area contributed by atoms with E-state index < -0.39 is 0 Å². The molecule has 0 saturated carbocycles. The van der Waals surface area contributed by atoms with E-state index in [1.807, 2.05) is 20.0 Å². The first kappa shape index (κ1) is 15.1. The molecule has 0 unspecified atom stereocenters. The van der Waals surface area contributed by atoms with Gasteiger partial charge in [0.1, 0.15) is 11.4 Å². The molecule has 1 aliphatic heterocycles. The molecule has 3 aromatic heterocycles. The van der Waals surface area contributed by atoms with Crippen LogP contribution in [0.2, 0.25) is 0 Å². The quantitative estimate of drug-likeness (QED) is 0.578. The summed E-state index contributed by atoms with van der Waals surface area (Å²) in [7, 11) is 0. The van der Waals surface area contributed by atoms with Gasteiger partial charge in [-0.05, 0) is 55.3 Å². The highest BCUT2D eigenvalue weighted by Gasteiger charge is 2.20.